The summed E-state index contributed by atoms with van der Waals surface area (Å²) in [6.45, 7) is 1.51. The van der Waals surface area contributed by atoms with Crippen molar-refractivity contribution in [2.75, 3.05) is 20.7 Å². The maximum atomic E-state index is 11.9. The zero-order valence-corrected chi connectivity index (χ0v) is 10.1. The molecule has 17 heavy (non-hydrogen) atoms. The van der Waals surface area contributed by atoms with Gasteiger partial charge in [0.1, 0.15) is 12.3 Å². The lowest BCUT2D eigenvalue weighted by Gasteiger charge is -2.15. The summed E-state index contributed by atoms with van der Waals surface area (Å²) in [5, 5.41) is 8.60. The molecule has 0 aromatic heterocycles. The first-order valence-corrected chi connectivity index (χ1v) is 5.07. The number of hydrogen-bond donors (Lipinski definition) is 1. The van der Waals surface area contributed by atoms with Crippen LogP contribution in [-0.4, -0.2) is 42.6 Å². The monoisotopic (exact) mass is 237 g/mol. The number of ether oxygens (including phenoxy) is 1. The Morgan fingerprint density at radius 1 is 1.41 bits per heavy atom. The largest absolute Gasteiger partial charge is 0.496 e. The second-order valence-electron chi connectivity index (χ2n) is 3.74. The fraction of sp³-hybridized carbons (Fsp3) is 0.333. The molecule has 0 bridgehead atoms. The molecule has 92 valence electrons. The van der Waals surface area contributed by atoms with Gasteiger partial charge in [-0.25, -0.2) is 0 Å². The van der Waals surface area contributed by atoms with Gasteiger partial charge in [-0.2, -0.15) is 0 Å². The van der Waals surface area contributed by atoms with Gasteiger partial charge in [0.25, 0.3) is 5.91 Å². The van der Waals surface area contributed by atoms with E-state index in [2.05, 4.69) is 0 Å². The number of methoxy groups -OCH3 is 1. The van der Waals surface area contributed by atoms with Gasteiger partial charge in [0, 0.05) is 12.6 Å². The molecule has 5 nitrogen and oxygen atoms in total. The predicted octanol–water partition coefficient (Wildman–Crippen LogP) is 1.16. The van der Waals surface area contributed by atoms with E-state index in [9.17, 15) is 9.59 Å². The normalized spacial score (nSPS) is 9.82. The first kappa shape index (κ1) is 13.0. The molecule has 1 rings (SSSR count). The van der Waals surface area contributed by atoms with E-state index in [0.29, 0.717) is 11.3 Å². The van der Waals surface area contributed by atoms with Crippen molar-refractivity contribution >= 4 is 11.9 Å². The molecular weight excluding hydrogens is 222 g/mol. The van der Waals surface area contributed by atoms with E-state index in [1.165, 1.54) is 7.05 Å². The Hall–Kier alpha value is -2.04. The lowest BCUT2D eigenvalue weighted by atomic mass is 10.1. The molecule has 0 aliphatic carbocycles. The van der Waals surface area contributed by atoms with Crippen LogP contribution in [0.3, 0.4) is 0 Å². The van der Waals surface area contributed by atoms with Gasteiger partial charge in [0.15, 0.2) is 0 Å². The molecule has 0 aliphatic rings. The van der Waals surface area contributed by atoms with E-state index in [4.69, 9.17) is 9.84 Å². The van der Waals surface area contributed by atoms with Crippen LogP contribution < -0.4 is 4.74 Å². The third-order valence-electron chi connectivity index (χ3n) is 2.36. The molecule has 0 unspecified atom stereocenters. The molecule has 0 heterocycles. The van der Waals surface area contributed by atoms with Crippen LogP contribution in [0.4, 0.5) is 0 Å². The number of carboxylic acids is 1. The number of carboxylic acid groups (broad SMARTS) is 1. The van der Waals surface area contributed by atoms with Crippen molar-refractivity contribution in [3.8, 4) is 5.75 Å². The number of aliphatic carboxylic acids is 1. The van der Waals surface area contributed by atoms with Gasteiger partial charge in [-0.15, -0.1) is 0 Å². The number of carbonyl (C=O) groups is 2. The SMILES string of the molecule is COc1ccc(C(=O)N(C)CC(=O)O)cc1C. The maximum Gasteiger partial charge on any atom is 0.323 e. The van der Waals surface area contributed by atoms with E-state index in [1.807, 2.05) is 6.92 Å². The predicted molar refractivity (Wildman–Crippen MR) is 62.3 cm³/mol. The lowest BCUT2D eigenvalue weighted by molar-refractivity contribution is -0.137. The third kappa shape index (κ3) is 3.21. The number of rotatable bonds is 4. The minimum Gasteiger partial charge on any atom is -0.496 e. The summed E-state index contributed by atoms with van der Waals surface area (Å²) in [6.07, 6.45) is 0. The van der Waals surface area contributed by atoms with Gasteiger partial charge < -0.3 is 14.7 Å². The Morgan fingerprint density at radius 2 is 2.06 bits per heavy atom. The Balaban J connectivity index is 2.89. The van der Waals surface area contributed by atoms with E-state index in [-0.39, 0.29) is 12.5 Å². The first-order valence-electron chi connectivity index (χ1n) is 5.07. The Morgan fingerprint density at radius 3 is 2.53 bits per heavy atom. The van der Waals surface area contributed by atoms with Gasteiger partial charge in [-0.3, -0.25) is 9.59 Å². The molecular formula is C12H15NO4. The van der Waals surface area contributed by atoms with Crippen LogP contribution in [0.15, 0.2) is 18.2 Å². The molecule has 5 heteroatoms. The van der Waals surface area contributed by atoms with Crippen LogP contribution in [0.1, 0.15) is 15.9 Å². The van der Waals surface area contributed by atoms with Crippen molar-refractivity contribution in [3.63, 3.8) is 0 Å². The van der Waals surface area contributed by atoms with Gasteiger partial charge in [-0.05, 0) is 30.7 Å². The highest BCUT2D eigenvalue weighted by atomic mass is 16.5. The van der Waals surface area contributed by atoms with Crippen LogP contribution in [0, 0.1) is 6.92 Å². The highest BCUT2D eigenvalue weighted by Crippen LogP contribution is 2.19. The summed E-state index contributed by atoms with van der Waals surface area (Å²) in [7, 11) is 3.01. The van der Waals surface area contributed by atoms with Crippen LogP contribution >= 0.6 is 0 Å². The minimum atomic E-state index is -1.04. The molecule has 0 spiro atoms. The molecule has 0 saturated heterocycles. The minimum absolute atomic E-state index is 0.316. The molecule has 0 radical (unpaired) electrons. The molecule has 1 aromatic rings. The van der Waals surface area contributed by atoms with Crippen molar-refractivity contribution < 1.29 is 19.4 Å². The summed E-state index contributed by atoms with van der Waals surface area (Å²) in [6, 6.07) is 4.99. The molecule has 0 atom stereocenters. The number of aryl methyl sites for hydroxylation is 1. The average molecular weight is 237 g/mol. The second kappa shape index (κ2) is 5.34. The van der Waals surface area contributed by atoms with E-state index in [0.717, 1.165) is 10.5 Å². The maximum absolute atomic E-state index is 11.9. The second-order valence-corrected chi connectivity index (χ2v) is 3.74. The lowest BCUT2D eigenvalue weighted by Crippen LogP contribution is -2.31. The van der Waals surface area contributed by atoms with Gasteiger partial charge >= 0.3 is 5.97 Å². The van der Waals surface area contributed by atoms with Crippen molar-refractivity contribution in [1.82, 2.24) is 4.90 Å². The molecule has 1 amide bonds. The molecule has 0 saturated carbocycles. The van der Waals surface area contributed by atoms with Crippen LogP contribution in [0.2, 0.25) is 0 Å². The van der Waals surface area contributed by atoms with Crippen molar-refractivity contribution in [2.45, 2.75) is 6.92 Å². The molecule has 1 N–H and O–H groups in total. The van der Waals surface area contributed by atoms with Crippen LogP contribution in [0.5, 0.6) is 5.75 Å². The van der Waals surface area contributed by atoms with Crippen molar-refractivity contribution in [2.24, 2.45) is 0 Å². The molecule has 0 fully saturated rings. The van der Waals surface area contributed by atoms with Crippen LogP contribution in [0.25, 0.3) is 0 Å². The van der Waals surface area contributed by atoms with Gasteiger partial charge in [0.2, 0.25) is 0 Å². The third-order valence-corrected chi connectivity index (χ3v) is 2.36. The number of benzene rings is 1. The number of carbonyl (C=O) groups excluding carboxylic acids is 1. The summed E-state index contributed by atoms with van der Waals surface area (Å²) < 4.78 is 5.09. The average Bonchev–Trinajstić information content (AvgIpc) is 2.27. The Kier molecular flexibility index (Phi) is 4.09. The quantitative estimate of drug-likeness (QED) is 0.853. The number of hydrogen-bond acceptors (Lipinski definition) is 3. The van der Waals surface area contributed by atoms with Crippen molar-refractivity contribution in [3.05, 3.63) is 29.3 Å². The highest BCUT2D eigenvalue weighted by Gasteiger charge is 2.15. The highest BCUT2D eigenvalue weighted by molar-refractivity contribution is 5.96. The van der Waals surface area contributed by atoms with Crippen LogP contribution in [-0.2, 0) is 4.79 Å². The number of amides is 1. The standard InChI is InChI=1S/C12H15NO4/c1-8-6-9(4-5-10(8)17-3)12(16)13(2)7-11(14)15/h4-6H,7H2,1-3H3,(H,14,15). The zero-order valence-electron chi connectivity index (χ0n) is 10.1. The zero-order chi connectivity index (χ0) is 13.0. The summed E-state index contributed by atoms with van der Waals surface area (Å²) in [5.41, 5.74) is 1.29. The van der Waals surface area contributed by atoms with Gasteiger partial charge in [-0.1, -0.05) is 0 Å². The first-order chi connectivity index (χ1) is 7.95. The van der Waals surface area contributed by atoms with E-state index in [1.54, 1.807) is 25.3 Å². The summed E-state index contributed by atoms with van der Waals surface area (Å²) in [5.74, 6) is -0.660. The Labute approximate surface area is 99.6 Å². The smallest absolute Gasteiger partial charge is 0.323 e. The van der Waals surface area contributed by atoms with E-state index >= 15 is 0 Å². The summed E-state index contributed by atoms with van der Waals surface area (Å²) in [4.78, 5) is 23.5. The topological polar surface area (TPSA) is 66.8 Å². The summed E-state index contributed by atoms with van der Waals surface area (Å²) >= 11 is 0. The number of likely N-dealkylation sites (N-methyl/N-ethyl adjacent to an activating group) is 1. The fourth-order valence-electron chi connectivity index (χ4n) is 1.51. The van der Waals surface area contributed by atoms with Gasteiger partial charge in [0.05, 0.1) is 7.11 Å². The number of nitrogens with zero attached hydrogens (tertiary/aromatic N) is 1. The Bertz CT molecular complexity index is 442. The van der Waals surface area contributed by atoms with E-state index < -0.39 is 5.97 Å². The molecule has 1 aromatic carbocycles. The molecule has 0 aliphatic heterocycles. The fourth-order valence-corrected chi connectivity index (χ4v) is 1.51. The van der Waals surface area contributed by atoms with Crippen molar-refractivity contribution in [1.29, 1.82) is 0 Å².